The normalized spacial score (nSPS) is 20.9. The Morgan fingerprint density at radius 2 is 1.37 bits per heavy atom. The molecular weight excluding hydrogens is 618 g/mol. The Morgan fingerprint density at radius 3 is 1.70 bits per heavy atom. The van der Waals surface area contributed by atoms with Crippen LogP contribution in [0.4, 0.5) is 26.3 Å². The first-order chi connectivity index (χ1) is 11.9. The van der Waals surface area contributed by atoms with Gasteiger partial charge in [-0.2, -0.15) is 0 Å². The van der Waals surface area contributed by atoms with Gasteiger partial charge in [0.25, 0.3) is 0 Å². The van der Waals surface area contributed by atoms with Crippen molar-refractivity contribution in [3.05, 3.63) is 0 Å². The molecule has 0 aromatic rings. The van der Waals surface area contributed by atoms with Crippen molar-refractivity contribution in [1.29, 1.82) is 0 Å². The van der Waals surface area contributed by atoms with E-state index in [1.54, 1.807) is 6.92 Å². The van der Waals surface area contributed by atoms with Crippen molar-refractivity contribution in [1.82, 2.24) is 3.53 Å². The van der Waals surface area contributed by atoms with Crippen LogP contribution in [-0.4, -0.2) is 55.7 Å². The summed E-state index contributed by atoms with van der Waals surface area (Å²) in [5.74, 6) is -3.51. The molecule has 1 aliphatic heterocycles. The first-order valence-corrected chi connectivity index (χ1v) is 10.5. The molecule has 160 valence electrons. The van der Waals surface area contributed by atoms with Gasteiger partial charge in [-0.05, 0) is 0 Å². The fourth-order valence-electron chi connectivity index (χ4n) is 1.54. The number of alkyl halides is 8. The zero-order valence-electron chi connectivity index (χ0n) is 14.1. The standard InChI is InChI=1S/C13H16F6I2NO5/c1-9(2,4-26-7(23)10(3,20)6-21-22-6)5-27-8(24)11(25,12(14,15)16)13(17,18)19/h6,22,25H,4-5H2,1-3H3/q-1. The molecule has 0 aliphatic carbocycles. The first-order valence-electron chi connectivity index (χ1n) is 7.13. The number of hydrogen-bond acceptors (Lipinski definition) is 6. The van der Waals surface area contributed by atoms with Crippen LogP contribution in [0.1, 0.15) is 20.8 Å². The molecule has 2 unspecified atom stereocenters. The van der Waals surface area contributed by atoms with Crippen LogP contribution in [0, 0.1) is 5.41 Å². The number of rotatable bonds is 7. The van der Waals surface area contributed by atoms with Crippen LogP contribution in [-0.2, 0) is 19.1 Å². The van der Waals surface area contributed by atoms with E-state index in [2.05, 4.69) is 8.27 Å². The molecule has 0 radical (unpaired) electrons. The van der Waals surface area contributed by atoms with E-state index in [0.717, 1.165) is 0 Å². The summed E-state index contributed by atoms with van der Waals surface area (Å²) in [7, 11) is 0. The Kier molecular flexibility index (Phi) is 7.36. The van der Waals surface area contributed by atoms with E-state index in [1.807, 2.05) is 22.6 Å². The van der Waals surface area contributed by atoms with Crippen molar-refractivity contribution in [2.45, 2.75) is 46.2 Å². The fourth-order valence-corrected chi connectivity index (χ4v) is 4.88. The second-order valence-electron chi connectivity index (χ2n) is 6.68. The van der Waals surface area contributed by atoms with Crippen LogP contribution >= 0.6 is 22.6 Å². The Balaban J connectivity index is 2.71. The van der Waals surface area contributed by atoms with Gasteiger partial charge in [0.2, 0.25) is 0 Å². The molecule has 0 saturated carbocycles. The van der Waals surface area contributed by atoms with Crippen LogP contribution in [0.5, 0.6) is 0 Å². The maximum atomic E-state index is 12.6. The van der Waals surface area contributed by atoms with Gasteiger partial charge in [-0.3, -0.25) is 0 Å². The van der Waals surface area contributed by atoms with Crippen molar-refractivity contribution in [2.75, 3.05) is 13.2 Å². The molecule has 0 spiro atoms. The molecule has 0 amide bonds. The van der Waals surface area contributed by atoms with E-state index in [0.29, 0.717) is 0 Å². The molecule has 1 rings (SSSR count). The summed E-state index contributed by atoms with van der Waals surface area (Å²) in [6.45, 7) is 2.88. The van der Waals surface area contributed by atoms with Crippen LogP contribution < -0.4 is 25.0 Å². The minimum atomic E-state index is -6.32. The summed E-state index contributed by atoms with van der Waals surface area (Å²) in [6, 6.07) is 0. The van der Waals surface area contributed by atoms with Crippen LogP contribution in [0.25, 0.3) is 0 Å². The average Bonchev–Trinajstić information content (AvgIpc) is 3.32. The van der Waals surface area contributed by atoms with Gasteiger partial charge in [0, 0.05) is 0 Å². The Labute approximate surface area is 174 Å². The zero-order valence-corrected chi connectivity index (χ0v) is 18.4. The number of nitrogens with one attached hydrogen (secondary N) is 1. The summed E-state index contributed by atoms with van der Waals surface area (Å²) in [5.41, 5.74) is -6.93. The third kappa shape index (κ3) is 5.71. The second-order valence-corrected chi connectivity index (χ2v) is 11.4. The quantitative estimate of drug-likeness (QED) is 0.0717. The third-order valence-corrected chi connectivity index (χ3v) is 8.14. The molecule has 1 fully saturated rings. The van der Waals surface area contributed by atoms with E-state index >= 15 is 0 Å². The molecule has 2 N–H and O–H groups in total. The summed E-state index contributed by atoms with van der Waals surface area (Å²) < 4.78 is 86.9. The Hall–Kier alpha value is -0.100. The van der Waals surface area contributed by atoms with Gasteiger partial charge in [0.05, 0.1) is 0 Å². The Bertz CT molecular complexity index is 575. The van der Waals surface area contributed by atoms with Crippen molar-refractivity contribution in [3.63, 3.8) is 0 Å². The first kappa shape index (κ1) is 24.9. The predicted octanol–water partition coefficient (Wildman–Crippen LogP) is -0.918. The molecule has 6 nitrogen and oxygen atoms in total. The summed E-state index contributed by atoms with van der Waals surface area (Å²) in [6.07, 6.45) is -12.6. The van der Waals surface area contributed by atoms with Gasteiger partial charge in [-0.1, -0.05) is 0 Å². The molecule has 1 heterocycles. The van der Waals surface area contributed by atoms with Crippen molar-refractivity contribution in [2.24, 2.45) is 5.41 Å². The van der Waals surface area contributed by atoms with Crippen molar-refractivity contribution in [3.8, 4) is 0 Å². The van der Waals surface area contributed by atoms with Crippen LogP contribution in [0.15, 0.2) is 0 Å². The molecule has 0 aromatic carbocycles. The number of carbonyl (C=O) groups excluding carboxylic acids is 2. The van der Waals surface area contributed by atoms with Crippen LogP contribution in [0.2, 0.25) is 0 Å². The predicted molar refractivity (Wildman–Crippen MR) is 82.1 cm³/mol. The summed E-state index contributed by atoms with van der Waals surface area (Å²) >= 11 is 1.58. The minimum absolute atomic E-state index is 0.00100. The van der Waals surface area contributed by atoms with Gasteiger partial charge in [-0.15, -0.1) is 0 Å². The van der Waals surface area contributed by atoms with E-state index in [-0.39, 0.29) is 25.5 Å². The molecule has 1 saturated heterocycles. The molecule has 0 bridgehead atoms. The van der Waals surface area contributed by atoms with E-state index < -0.39 is 51.9 Å². The molecular formula is C13H16F6I2NO5-. The second kappa shape index (κ2) is 7.97. The van der Waals surface area contributed by atoms with Gasteiger partial charge >= 0.3 is 175 Å². The van der Waals surface area contributed by atoms with Gasteiger partial charge < -0.3 is 0 Å². The SMILES string of the molecule is CC(C)(COC(=O)C(C)(I)C1N[I-]1)COC(=O)C(O)(C(F)(F)F)C(F)(F)F. The summed E-state index contributed by atoms with van der Waals surface area (Å²) in [4.78, 5) is 23.4. The average molecular weight is 634 g/mol. The molecule has 0 aromatic heterocycles. The number of ether oxygens (including phenoxy) is 2. The molecule has 14 heteroatoms. The third-order valence-electron chi connectivity index (χ3n) is 3.40. The number of carbonyl (C=O) groups is 2. The van der Waals surface area contributed by atoms with Gasteiger partial charge in [0.15, 0.2) is 0 Å². The van der Waals surface area contributed by atoms with E-state index in [9.17, 15) is 35.9 Å². The number of esters is 2. The van der Waals surface area contributed by atoms with Gasteiger partial charge in [-0.25, -0.2) is 0 Å². The Morgan fingerprint density at radius 1 is 1.00 bits per heavy atom. The monoisotopic (exact) mass is 634 g/mol. The van der Waals surface area contributed by atoms with Crippen molar-refractivity contribution >= 4 is 34.5 Å². The van der Waals surface area contributed by atoms with E-state index in [1.165, 1.54) is 13.8 Å². The summed E-state index contributed by atoms with van der Waals surface area (Å²) in [5, 5.41) is 8.93. The fraction of sp³-hybridized carbons (Fsp3) is 0.846. The van der Waals surface area contributed by atoms with Gasteiger partial charge in [0.1, 0.15) is 0 Å². The topological polar surface area (TPSA) is 94.8 Å². The maximum absolute atomic E-state index is 12.6. The number of hydrogen-bond donors (Lipinski definition) is 2. The number of halogens is 8. The number of aliphatic hydroxyl groups is 1. The van der Waals surface area contributed by atoms with E-state index in [4.69, 9.17) is 9.84 Å². The zero-order chi connectivity index (χ0) is 21.5. The molecule has 2 atom stereocenters. The van der Waals surface area contributed by atoms with Crippen LogP contribution in [0.3, 0.4) is 0 Å². The van der Waals surface area contributed by atoms with Crippen molar-refractivity contribution < 1.29 is 72.0 Å². The molecule has 27 heavy (non-hydrogen) atoms. The molecule has 1 aliphatic rings.